The van der Waals surface area contributed by atoms with Crippen LogP contribution in [-0.2, 0) is 20.7 Å². The van der Waals surface area contributed by atoms with Gasteiger partial charge in [-0.25, -0.2) is 4.79 Å². The summed E-state index contributed by atoms with van der Waals surface area (Å²) in [5.74, 6) is -0.153. The molecule has 0 heterocycles. The van der Waals surface area contributed by atoms with Gasteiger partial charge in [-0.2, -0.15) is 0 Å². The van der Waals surface area contributed by atoms with E-state index in [1.54, 1.807) is 6.92 Å². The van der Waals surface area contributed by atoms with E-state index in [0.29, 0.717) is 12.2 Å². The minimum absolute atomic E-state index is 0.203. The zero-order chi connectivity index (χ0) is 19.8. The van der Waals surface area contributed by atoms with Crippen LogP contribution in [0.4, 0.5) is 0 Å². The van der Waals surface area contributed by atoms with E-state index in [0.717, 1.165) is 31.2 Å². The van der Waals surface area contributed by atoms with Crippen LogP contribution in [0.1, 0.15) is 43.7 Å². The highest BCUT2D eigenvalue weighted by Crippen LogP contribution is 2.21. The molecule has 1 amide bonds. The fourth-order valence-electron chi connectivity index (χ4n) is 3.42. The summed E-state index contributed by atoms with van der Waals surface area (Å²) >= 11 is 0. The molecule has 2 aromatic rings. The first-order chi connectivity index (χ1) is 13.6. The molecule has 0 radical (unpaired) electrons. The predicted molar refractivity (Wildman–Crippen MR) is 107 cm³/mol. The molecule has 1 fully saturated rings. The number of ether oxygens (including phenoxy) is 2. The van der Waals surface area contributed by atoms with Gasteiger partial charge in [0.15, 0.2) is 12.7 Å². The van der Waals surface area contributed by atoms with Crippen molar-refractivity contribution in [2.24, 2.45) is 0 Å². The van der Waals surface area contributed by atoms with Crippen molar-refractivity contribution in [2.75, 3.05) is 6.61 Å². The SMILES string of the molecule is C[C@H](OC(=O)COc1ccccc1Cc1ccccc1)C(=O)NC1CCCC1. The number of esters is 1. The Kier molecular flexibility index (Phi) is 7.06. The van der Waals surface area contributed by atoms with Gasteiger partial charge in [0, 0.05) is 12.5 Å². The number of nitrogens with one attached hydrogen (secondary N) is 1. The average molecular weight is 381 g/mol. The lowest BCUT2D eigenvalue weighted by Gasteiger charge is -2.17. The Bertz CT molecular complexity index is 784. The highest BCUT2D eigenvalue weighted by molar-refractivity contribution is 5.83. The van der Waals surface area contributed by atoms with Gasteiger partial charge in [-0.3, -0.25) is 4.79 Å². The molecule has 0 aliphatic heterocycles. The lowest BCUT2D eigenvalue weighted by atomic mass is 10.0. The van der Waals surface area contributed by atoms with Crippen LogP contribution in [0, 0.1) is 0 Å². The molecular formula is C23H27NO4. The van der Waals surface area contributed by atoms with Gasteiger partial charge < -0.3 is 14.8 Å². The number of carbonyl (C=O) groups is 2. The Morgan fingerprint density at radius 1 is 1.04 bits per heavy atom. The average Bonchev–Trinajstić information content (AvgIpc) is 3.21. The number of hydrogen-bond donors (Lipinski definition) is 1. The normalized spacial score (nSPS) is 15.0. The van der Waals surface area contributed by atoms with Crippen LogP contribution in [0.15, 0.2) is 54.6 Å². The van der Waals surface area contributed by atoms with E-state index in [9.17, 15) is 9.59 Å². The molecule has 0 unspecified atom stereocenters. The maximum Gasteiger partial charge on any atom is 0.344 e. The van der Waals surface area contributed by atoms with Gasteiger partial charge in [-0.05, 0) is 37.0 Å². The Morgan fingerprint density at radius 3 is 2.46 bits per heavy atom. The molecule has 0 spiro atoms. The first-order valence-corrected chi connectivity index (χ1v) is 9.86. The van der Waals surface area contributed by atoms with Crippen LogP contribution in [0.3, 0.4) is 0 Å². The van der Waals surface area contributed by atoms with Gasteiger partial charge in [-0.15, -0.1) is 0 Å². The third kappa shape index (κ3) is 5.84. The maximum atomic E-state index is 12.1. The summed E-state index contributed by atoms with van der Waals surface area (Å²) in [5.41, 5.74) is 2.16. The molecule has 1 atom stereocenters. The number of rotatable bonds is 8. The van der Waals surface area contributed by atoms with Crippen LogP contribution in [0.5, 0.6) is 5.75 Å². The molecule has 2 aromatic carbocycles. The maximum absolute atomic E-state index is 12.1. The smallest absolute Gasteiger partial charge is 0.344 e. The van der Waals surface area contributed by atoms with E-state index in [2.05, 4.69) is 17.4 Å². The minimum atomic E-state index is -0.823. The zero-order valence-electron chi connectivity index (χ0n) is 16.2. The molecule has 1 saturated carbocycles. The summed E-state index contributed by atoms with van der Waals surface area (Å²) in [4.78, 5) is 24.2. The lowest BCUT2D eigenvalue weighted by molar-refractivity contribution is -0.156. The molecule has 1 aliphatic rings. The van der Waals surface area contributed by atoms with Crippen molar-refractivity contribution in [1.29, 1.82) is 0 Å². The van der Waals surface area contributed by atoms with Gasteiger partial charge in [0.05, 0.1) is 0 Å². The molecule has 1 N–H and O–H groups in total. The minimum Gasteiger partial charge on any atom is -0.482 e. The van der Waals surface area contributed by atoms with E-state index in [4.69, 9.17) is 9.47 Å². The van der Waals surface area contributed by atoms with Crippen molar-refractivity contribution in [3.8, 4) is 5.75 Å². The molecule has 0 bridgehead atoms. The molecule has 148 valence electrons. The molecule has 0 saturated heterocycles. The van der Waals surface area contributed by atoms with Crippen molar-refractivity contribution in [3.63, 3.8) is 0 Å². The third-order valence-corrected chi connectivity index (χ3v) is 4.93. The van der Waals surface area contributed by atoms with Gasteiger partial charge in [0.25, 0.3) is 5.91 Å². The summed E-state index contributed by atoms with van der Waals surface area (Å²) in [6.45, 7) is 1.36. The number of para-hydroxylation sites is 1. The van der Waals surface area contributed by atoms with E-state index in [1.807, 2.05) is 42.5 Å². The van der Waals surface area contributed by atoms with E-state index in [1.165, 1.54) is 5.56 Å². The first-order valence-electron chi connectivity index (χ1n) is 9.86. The van der Waals surface area contributed by atoms with Crippen LogP contribution in [-0.4, -0.2) is 30.6 Å². The fourth-order valence-corrected chi connectivity index (χ4v) is 3.42. The Balaban J connectivity index is 1.49. The van der Waals surface area contributed by atoms with Crippen molar-refractivity contribution in [3.05, 3.63) is 65.7 Å². The number of carbonyl (C=O) groups excluding carboxylic acids is 2. The second kappa shape index (κ2) is 9.93. The molecule has 1 aliphatic carbocycles. The zero-order valence-corrected chi connectivity index (χ0v) is 16.2. The van der Waals surface area contributed by atoms with E-state index < -0.39 is 12.1 Å². The quantitative estimate of drug-likeness (QED) is 0.709. The van der Waals surface area contributed by atoms with Gasteiger partial charge in [-0.1, -0.05) is 61.4 Å². The highest BCUT2D eigenvalue weighted by atomic mass is 16.6. The highest BCUT2D eigenvalue weighted by Gasteiger charge is 2.23. The Labute approximate surface area is 166 Å². The summed E-state index contributed by atoms with van der Waals surface area (Å²) < 4.78 is 10.9. The molecule has 0 aromatic heterocycles. The molecule has 5 nitrogen and oxygen atoms in total. The summed E-state index contributed by atoms with van der Waals surface area (Å²) in [6, 6.07) is 17.9. The Morgan fingerprint density at radius 2 is 1.71 bits per heavy atom. The number of amides is 1. The summed E-state index contributed by atoms with van der Waals surface area (Å²) in [6.07, 6.45) is 4.15. The van der Waals surface area contributed by atoms with Crippen LogP contribution < -0.4 is 10.1 Å². The van der Waals surface area contributed by atoms with Crippen molar-refractivity contribution in [2.45, 2.75) is 51.2 Å². The van der Waals surface area contributed by atoms with Crippen molar-refractivity contribution < 1.29 is 19.1 Å². The summed E-state index contributed by atoms with van der Waals surface area (Å²) in [7, 11) is 0. The monoisotopic (exact) mass is 381 g/mol. The van der Waals surface area contributed by atoms with Crippen molar-refractivity contribution in [1.82, 2.24) is 5.32 Å². The third-order valence-electron chi connectivity index (χ3n) is 4.93. The predicted octanol–water partition coefficient (Wildman–Crippen LogP) is 3.65. The standard InChI is InChI=1S/C23H27NO4/c1-17(23(26)24-20-12-6-7-13-20)28-22(25)16-27-21-14-8-5-11-19(21)15-18-9-3-2-4-10-18/h2-5,8-11,14,17,20H,6-7,12-13,15-16H2,1H3,(H,24,26)/t17-/m0/s1. The van der Waals surface area contributed by atoms with Crippen LogP contribution in [0.25, 0.3) is 0 Å². The molecule has 28 heavy (non-hydrogen) atoms. The topological polar surface area (TPSA) is 64.6 Å². The molecule has 5 heteroatoms. The van der Waals surface area contributed by atoms with Crippen molar-refractivity contribution >= 4 is 11.9 Å². The van der Waals surface area contributed by atoms with Gasteiger partial charge >= 0.3 is 5.97 Å². The number of benzene rings is 2. The number of hydrogen-bond acceptors (Lipinski definition) is 4. The van der Waals surface area contributed by atoms with Crippen LogP contribution >= 0.6 is 0 Å². The van der Waals surface area contributed by atoms with Gasteiger partial charge in [0.1, 0.15) is 5.75 Å². The lowest BCUT2D eigenvalue weighted by Crippen LogP contribution is -2.41. The largest absolute Gasteiger partial charge is 0.482 e. The molecular weight excluding hydrogens is 354 g/mol. The second-order valence-electron chi connectivity index (χ2n) is 7.18. The second-order valence-corrected chi connectivity index (χ2v) is 7.18. The fraction of sp³-hybridized carbons (Fsp3) is 0.391. The first kappa shape index (κ1) is 19.9. The molecule has 3 rings (SSSR count). The van der Waals surface area contributed by atoms with E-state index >= 15 is 0 Å². The van der Waals surface area contributed by atoms with Gasteiger partial charge in [0.2, 0.25) is 0 Å². The summed E-state index contributed by atoms with van der Waals surface area (Å²) in [5, 5.41) is 2.94. The van der Waals surface area contributed by atoms with E-state index in [-0.39, 0.29) is 18.6 Å². The van der Waals surface area contributed by atoms with Crippen LogP contribution in [0.2, 0.25) is 0 Å². The Hall–Kier alpha value is -2.82.